The fourth-order valence-corrected chi connectivity index (χ4v) is 7.72. The van der Waals surface area contributed by atoms with Gasteiger partial charge < -0.3 is 28.9 Å². The van der Waals surface area contributed by atoms with Crippen molar-refractivity contribution < 1.29 is 51.1 Å². The van der Waals surface area contributed by atoms with Crippen molar-refractivity contribution in [2.45, 2.75) is 68.7 Å². The minimum Gasteiger partial charge on any atom is -0.451 e. The zero-order chi connectivity index (χ0) is 39.3. The Bertz CT molecular complexity index is 1830. The number of hydrogen-bond donors (Lipinski definition) is 2. The number of ether oxygens (including phenoxy) is 3. The Morgan fingerprint density at radius 1 is 1.17 bits per heavy atom. The van der Waals surface area contributed by atoms with Gasteiger partial charge >= 0.3 is 13.8 Å². The molecule has 1 unspecified atom stereocenters. The Hall–Kier alpha value is -3.85. The molecule has 18 heteroatoms. The van der Waals surface area contributed by atoms with Crippen LogP contribution in [0.5, 0.6) is 0 Å². The van der Waals surface area contributed by atoms with E-state index in [4.69, 9.17) is 24.0 Å². The number of phosphoric ester groups is 1. The molecule has 4 rings (SSSR count). The Morgan fingerprint density at radius 3 is 2.52 bits per heavy atom. The summed E-state index contributed by atoms with van der Waals surface area (Å²) in [5, 5.41) is 12.0. The number of carbonyl (C=O) groups excluding carboxylic acids is 1. The molecule has 0 spiro atoms. The zero-order valence-electron chi connectivity index (χ0n) is 30.0. The molecule has 1 saturated heterocycles. The number of halogens is 3. The molecule has 2 heterocycles. The number of benzene rings is 2. The normalized spacial score (nSPS) is 18.8. The summed E-state index contributed by atoms with van der Waals surface area (Å²) in [6.45, 7) is 6.91. The molecule has 0 bridgehead atoms. The van der Waals surface area contributed by atoms with Crippen LogP contribution in [0.2, 0.25) is 0 Å². The molecule has 1 fully saturated rings. The van der Waals surface area contributed by atoms with Crippen molar-refractivity contribution in [1.29, 1.82) is 5.26 Å². The van der Waals surface area contributed by atoms with Gasteiger partial charge in [0.15, 0.2) is 11.9 Å². The van der Waals surface area contributed by atoms with Gasteiger partial charge in [0.25, 0.3) is 0 Å². The smallest absolute Gasteiger partial charge is 0.451 e. The maximum atomic E-state index is 15.8. The molecule has 1 aliphatic heterocycles. The number of phosphoric acid groups is 1. The lowest BCUT2D eigenvalue weighted by molar-refractivity contribution is -0.164. The Kier molecular flexibility index (Phi) is 16.0. The van der Waals surface area contributed by atoms with Gasteiger partial charge in [-0.05, 0) is 56.8 Å². The molecular formula is C36H43F3N5O8PS. The molecule has 54 heavy (non-hydrogen) atoms. The standard InChI is InChI=1S/C36H43F3N5O8PS/c1-4-43(5-2)19-29(52-53(46,47)48)13-15-34(45)51-36(22-44-24-41-23-42-44,31-14-12-28(37)17-33(31)39)25(3)54-30-20-49-35(50-21-30)9-7-6-8-27-11-10-26(18-40)16-32(27)38/h6-12,14,16-17,23-25,29-30,35H,4-5,13,15,19-22H2,1-3H3,(H2,46,47,48)/b8-6+,9-7+/t25-,29?,30?,35?,36-/m1/s1. The van der Waals surface area contributed by atoms with Crippen LogP contribution in [0.1, 0.15) is 50.3 Å². The molecule has 0 aliphatic carbocycles. The summed E-state index contributed by atoms with van der Waals surface area (Å²) in [6, 6.07) is 9.00. The molecule has 0 amide bonds. The van der Waals surface area contributed by atoms with Gasteiger partial charge in [-0.25, -0.2) is 27.4 Å². The van der Waals surface area contributed by atoms with E-state index in [1.807, 2.05) is 24.8 Å². The summed E-state index contributed by atoms with van der Waals surface area (Å²) >= 11 is 1.29. The summed E-state index contributed by atoms with van der Waals surface area (Å²) in [4.78, 5) is 38.6. The van der Waals surface area contributed by atoms with E-state index in [9.17, 15) is 27.9 Å². The highest BCUT2D eigenvalue weighted by atomic mass is 32.2. The molecule has 1 aromatic heterocycles. The first-order chi connectivity index (χ1) is 25.7. The number of rotatable bonds is 19. The highest BCUT2D eigenvalue weighted by Gasteiger charge is 2.46. The van der Waals surface area contributed by atoms with Gasteiger partial charge in [-0.2, -0.15) is 10.4 Å². The van der Waals surface area contributed by atoms with E-state index in [0.29, 0.717) is 24.7 Å². The van der Waals surface area contributed by atoms with Gasteiger partial charge in [0.05, 0.1) is 42.7 Å². The number of aromatic nitrogens is 3. The largest absolute Gasteiger partial charge is 0.469 e. The van der Waals surface area contributed by atoms with Crippen LogP contribution in [0.25, 0.3) is 6.08 Å². The van der Waals surface area contributed by atoms with Crippen molar-refractivity contribution in [2.75, 3.05) is 32.8 Å². The van der Waals surface area contributed by atoms with E-state index in [1.54, 1.807) is 25.2 Å². The van der Waals surface area contributed by atoms with Gasteiger partial charge in [-0.15, -0.1) is 11.8 Å². The average Bonchev–Trinajstić information content (AvgIpc) is 3.64. The van der Waals surface area contributed by atoms with Gasteiger partial charge in [-0.1, -0.05) is 38.1 Å². The van der Waals surface area contributed by atoms with Crippen LogP contribution >= 0.6 is 19.6 Å². The highest BCUT2D eigenvalue weighted by molar-refractivity contribution is 8.00. The number of carbonyl (C=O) groups is 1. The third-order valence-electron chi connectivity index (χ3n) is 8.59. The van der Waals surface area contributed by atoms with Crippen LogP contribution < -0.4 is 0 Å². The third-order valence-corrected chi connectivity index (χ3v) is 10.6. The number of hydrogen-bond acceptors (Lipinski definition) is 11. The van der Waals surface area contributed by atoms with E-state index in [0.717, 1.165) is 12.1 Å². The summed E-state index contributed by atoms with van der Waals surface area (Å²) in [7, 11) is -4.90. The molecule has 2 aromatic carbocycles. The van der Waals surface area contributed by atoms with Crippen molar-refractivity contribution in [3.05, 3.63) is 101 Å². The number of esters is 1. The Labute approximate surface area is 316 Å². The van der Waals surface area contributed by atoms with Crippen LogP contribution in [-0.2, 0) is 40.2 Å². The van der Waals surface area contributed by atoms with Crippen LogP contribution in [0.4, 0.5) is 13.2 Å². The minimum atomic E-state index is -4.90. The first-order valence-corrected chi connectivity index (χ1v) is 19.6. The van der Waals surface area contributed by atoms with Gasteiger partial charge in [0.1, 0.15) is 30.1 Å². The summed E-state index contributed by atoms with van der Waals surface area (Å²) in [6.07, 6.45) is 6.82. The molecule has 2 N–H and O–H groups in total. The second-order valence-corrected chi connectivity index (χ2v) is 15.2. The fourth-order valence-electron chi connectivity index (χ4n) is 5.80. The van der Waals surface area contributed by atoms with E-state index >= 15 is 4.39 Å². The van der Waals surface area contributed by atoms with Crippen molar-refractivity contribution in [1.82, 2.24) is 19.7 Å². The first kappa shape index (κ1) is 42.9. The van der Waals surface area contributed by atoms with E-state index in [2.05, 4.69) is 10.1 Å². The third kappa shape index (κ3) is 12.6. The topological polar surface area (TPSA) is 169 Å². The van der Waals surface area contributed by atoms with Crippen LogP contribution in [0.15, 0.2) is 67.3 Å². The Morgan fingerprint density at radius 2 is 1.91 bits per heavy atom. The second-order valence-electron chi connectivity index (χ2n) is 12.4. The maximum Gasteiger partial charge on any atom is 0.469 e. The van der Waals surface area contributed by atoms with Crippen molar-refractivity contribution >= 4 is 31.6 Å². The number of allylic oxidation sites excluding steroid dienone is 2. The molecule has 0 radical (unpaired) electrons. The molecule has 1 aliphatic rings. The lowest BCUT2D eigenvalue weighted by atomic mass is 9.89. The first-order valence-electron chi connectivity index (χ1n) is 17.1. The highest BCUT2D eigenvalue weighted by Crippen LogP contribution is 2.43. The van der Waals surface area contributed by atoms with Gasteiger partial charge in [-0.3, -0.25) is 9.32 Å². The van der Waals surface area contributed by atoms with Crippen LogP contribution in [0.3, 0.4) is 0 Å². The van der Waals surface area contributed by atoms with E-state index in [-0.39, 0.29) is 55.5 Å². The zero-order valence-corrected chi connectivity index (χ0v) is 31.7. The minimum absolute atomic E-state index is 0.121. The summed E-state index contributed by atoms with van der Waals surface area (Å²) in [5.41, 5.74) is -1.40. The monoisotopic (exact) mass is 793 g/mol. The van der Waals surface area contributed by atoms with Crippen LogP contribution in [0, 0.1) is 28.8 Å². The SMILES string of the molecule is CCN(CC)CC(CCC(=O)O[C@@](Cn1cncn1)(c1ccc(F)cc1F)[C@@H](C)SC1COC(/C=C/C=C/c2ccc(C#N)cc2F)OC1)OP(=O)(O)O. The maximum absolute atomic E-state index is 15.8. The van der Waals surface area contributed by atoms with Crippen molar-refractivity contribution in [2.24, 2.45) is 0 Å². The van der Waals surface area contributed by atoms with E-state index < -0.39 is 54.5 Å². The van der Waals surface area contributed by atoms with Gasteiger partial charge in [0, 0.05) is 35.4 Å². The average molecular weight is 794 g/mol. The van der Waals surface area contributed by atoms with E-state index in [1.165, 1.54) is 53.4 Å². The number of nitriles is 1. The number of likely N-dealkylation sites (N-methyl/N-ethyl adjacent to an activating group) is 1. The van der Waals surface area contributed by atoms with Crippen LogP contribution in [-0.4, -0.2) is 91.2 Å². The molecule has 0 saturated carbocycles. The Balaban J connectivity index is 1.52. The second kappa shape index (κ2) is 20.2. The summed E-state index contributed by atoms with van der Waals surface area (Å²) < 4.78 is 80.2. The fraction of sp³-hybridized carbons (Fsp3) is 0.444. The lowest BCUT2D eigenvalue weighted by Crippen LogP contribution is -2.47. The number of nitrogens with zero attached hydrogens (tertiary/aromatic N) is 5. The number of thioether (sulfide) groups is 1. The summed E-state index contributed by atoms with van der Waals surface area (Å²) in [5.74, 6) is -3.15. The molecule has 3 atom stereocenters. The molecule has 13 nitrogen and oxygen atoms in total. The molecule has 3 aromatic rings. The predicted octanol–water partition coefficient (Wildman–Crippen LogP) is 5.74. The molecular weight excluding hydrogens is 750 g/mol. The lowest BCUT2D eigenvalue weighted by Gasteiger charge is -2.40. The molecule has 292 valence electrons. The quantitative estimate of drug-likeness (QED) is 0.0858. The van der Waals surface area contributed by atoms with Gasteiger partial charge in [0.2, 0.25) is 0 Å². The van der Waals surface area contributed by atoms with Crippen molar-refractivity contribution in [3.63, 3.8) is 0 Å². The van der Waals surface area contributed by atoms with Crippen molar-refractivity contribution in [3.8, 4) is 6.07 Å². The predicted molar refractivity (Wildman–Crippen MR) is 194 cm³/mol.